The van der Waals surface area contributed by atoms with Crippen molar-refractivity contribution in [2.24, 2.45) is 0 Å². The Hall–Kier alpha value is -1.54. The summed E-state index contributed by atoms with van der Waals surface area (Å²) in [7, 11) is 0. The third-order valence-corrected chi connectivity index (χ3v) is 2.62. The van der Waals surface area contributed by atoms with E-state index in [0.29, 0.717) is 10.9 Å². The van der Waals surface area contributed by atoms with Gasteiger partial charge in [-0.3, -0.25) is 0 Å². The lowest BCUT2D eigenvalue weighted by Crippen LogP contribution is -1.87. The molecule has 0 spiro atoms. The largest absolute Gasteiger partial charge is 0.457 e. The summed E-state index contributed by atoms with van der Waals surface area (Å²) in [6.45, 7) is 4.13. The number of benzene rings is 1. The van der Waals surface area contributed by atoms with Crippen LogP contribution >= 0.6 is 11.6 Å². The summed E-state index contributed by atoms with van der Waals surface area (Å²) in [6, 6.07) is 9.45. The number of halogens is 1. The number of hydrogen-bond donors (Lipinski definition) is 0. The topological polar surface area (TPSA) is 22.1 Å². The van der Waals surface area contributed by atoms with Crippen molar-refractivity contribution in [3.8, 4) is 11.5 Å². The summed E-state index contributed by atoms with van der Waals surface area (Å²) in [6.07, 6.45) is 1.62. The van der Waals surface area contributed by atoms with Crippen molar-refractivity contribution in [1.29, 1.82) is 0 Å². The standard InChI is InChI=1S/C13H12ClNO/c1-9-3-4-11(7-10(9)2)16-12-5-6-15-13(14)8-12/h3-8H,1-2H3. The summed E-state index contributed by atoms with van der Waals surface area (Å²) in [4.78, 5) is 3.90. The quantitative estimate of drug-likeness (QED) is 0.728. The van der Waals surface area contributed by atoms with Gasteiger partial charge in [0.1, 0.15) is 16.7 Å². The van der Waals surface area contributed by atoms with Crippen LogP contribution in [0.1, 0.15) is 11.1 Å². The first-order valence-electron chi connectivity index (χ1n) is 5.02. The monoisotopic (exact) mass is 233 g/mol. The summed E-state index contributed by atoms with van der Waals surface area (Å²) in [5.41, 5.74) is 2.46. The molecular weight excluding hydrogens is 222 g/mol. The minimum atomic E-state index is 0.432. The molecule has 3 heteroatoms. The van der Waals surface area contributed by atoms with Gasteiger partial charge in [0.05, 0.1) is 0 Å². The Morgan fingerprint density at radius 3 is 2.44 bits per heavy atom. The van der Waals surface area contributed by atoms with E-state index in [9.17, 15) is 0 Å². The normalized spacial score (nSPS) is 10.2. The Balaban J connectivity index is 2.24. The Bertz CT molecular complexity index is 511. The van der Waals surface area contributed by atoms with Crippen LogP contribution in [0.4, 0.5) is 0 Å². The van der Waals surface area contributed by atoms with Crippen LogP contribution in [0.3, 0.4) is 0 Å². The third kappa shape index (κ3) is 2.52. The number of pyridine rings is 1. The van der Waals surface area contributed by atoms with Gasteiger partial charge in [-0.05, 0) is 43.2 Å². The molecule has 0 aliphatic carbocycles. The smallest absolute Gasteiger partial charge is 0.132 e. The molecule has 0 fully saturated rings. The minimum Gasteiger partial charge on any atom is -0.457 e. The van der Waals surface area contributed by atoms with E-state index >= 15 is 0 Å². The van der Waals surface area contributed by atoms with Crippen molar-refractivity contribution in [2.75, 3.05) is 0 Å². The maximum atomic E-state index is 5.78. The SMILES string of the molecule is Cc1ccc(Oc2ccnc(Cl)c2)cc1C. The second-order valence-corrected chi connectivity index (χ2v) is 4.05. The molecule has 1 aromatic heterocycles. The Morgan fingerprint density at radius 2 is 1.75 bits per heavy atom. The number of aryl methyl sites for hydroxylation is 2. The zero-order valence-electron chi connectivity index (χ0n) is 9.20. The van der Waals surface area contributed by atoms with Crippen LogP contribution in [0, 0.1) is 13.8 Å². The zero-order chi connectivity index (χ0) is 11.5. The van der Waals surface area contributed by atoms with Crippen molar-refractivity contribution < 1.29 is 4.74 Å². The van der Waals surface area contributed by atoms with Crippen LogP contribution in [0.5, 0.6) is 11.5 Å². The molecule has 2 nitrogen and oxygen atoms in total. The van der Waals surface area contributed by atoms with E-state index in [0.717, 1.165) is 5.75 Å². The van der Waals surface area contributed by atoms with Crippen molar-refractivity contribution in [1.82, 2.24) is 4.98 Å². The molecule has 1 heterocycles. The number of nitrogens with zero attached hydrogens (tertiary/aromatic N) is 1. The molecule has 0 bridgehead atoms. The zero-order valence-corrected chi connectivity index (χ0v) is 9.95. The highest BCUT2D eigenvalue weighted by atomic mass is 35.5. The lowest BCUT2D eigenvalue weighted by Gasteiger charge is -2.07. The molecule has 0 amide bonds. The van der Waals surface area contributed by atoms with Gasteiger partial charge in [-0.15, -0.1) is 0 Å². The van der Waals surface area contributed by atoms with Gasteiger partial charge in [-0.2, -0.15) is 0 Å². The van der Waals surface area contributed by atoms with E-state index < -0.39 is 0 Å². The fraction of sp³-hybridized carbons (Fsp3) is 0.154. The van der Waals surface area contributed by atoms with Gasteiger partial charge >= 0.3 is 0 Å². The summed E-state index contributed by atoms with van der Waals surface area (Å²) < 4.78 is 5.67. The van der Waals surface area contributed by atoms with Gasteiger partial charge in [0.25, 0.3) is 0 Å². The second-order valence-electron chi connectivity index (χ2n) is 3.66. The summed E-state index contributed by atoms with van der Waals surface area (Å²) in [5.74, 6) is 1.51. The summed E-state index contributed by atoms with van der Waals surface area (Å²) >= 11 is 5.78. The molecule has 2 aromatic rings. The molecule has 0 unspecified atom stereocenters. The molecule has 0 aliphatic rings. The fourth-order valence-electron chi connectivity index (χ4n) is 1.36. The van der Waals surface area contributed by atoms with Crippen molar-refractivity contribution >= 4 is 11.6 Å². The van der Waals surface area contributed by atoms with E-state index in [1.807, 2.05) is 18.2 Å². The van der Waals surface area contributed by atoms with Crippen molar-refractivity contribution in [3.63, 3.8) is 0 Å². The number of aromatic nitrogens is 1. The number of rotatable bonds is 2. The van der Waals surface area contributed by atoms with E-state index in [4.69, 9.17) is 16.3 Å². The third-order valence-electron chi connectivity index (χ3n) is 2.41. The van der Waals surface area contributed by atoms with Crippen LogP contribution < -0.4 is 4.74 Å². The van der Waals surface area contributed by atoms with Gasteiger partial charge in [-0.1, -0.05) is 17.7 Å². The van der Waals surface area contributed by atoms with Crippen LogP contribution in [-0.2, 0) is 0 Å². The van der Waals surface area contributed by atoms with Crippen LogP contribution in [-0.4, -0.2) is 4.98 Å². The highest BCUT2D eigenvalue weighted by Crippen LogP contribution is 2.24. The Labute approximate surface area is 99.9 Å². The number of ether oxygens (including phenoxy) is 1. The average molecular weight is 234 g/mol. The lowest BCUT2D eigenvalue weighted by atomic mass is 10.1. The molecular formula is C13H12ClNO. The molecule has 2 rings (SSSR count). The second kappa shape index (κ2) is 4.54. The fourth-order valence-corrected chi connectivity index (χ4v) is 1.53. The van der Waals surface area contributed by atoms with E-state index in [-0.39, 0.29) is 0 Å². The predicted molar refractivity (Wildman–Crippen MR) is 65.2 cm³/mol. The Kier molecular flexibility index (Phi) is 3.11. The van der Waals surface area contributed by atoms with E-state index in [1.165, 1.54) is 11.1 Å². The Morgan fingerprint density at radius 1 is 1.00 bits per heavy atom. The lowest BCUT2D eigenvalue weighted by molar-refractivity contribution is 0.481. The average Bonchev–Trinajstić information content (AvgIpc) is 2.24. The molecule has 0 N–H and O–H groups in total. The van der Waals surface area contributed by atoms with E-state index in [2.05, 4.69) is 18.8 Å². The first kappa shape index (κ1) is 11.0. The molecule has 0 radical (unpaired) electrons. The van der Waals surface area contributed by atoms with Gasteiger partial charge in [0, 0.05) is 12.3 Å². The van der Waals surface area contributed by atoms with Gasteiger partial charge in [0.2, 0.25) is 0 Å². The molecule has 0 saturated heterocycles. The first-order valence-corrected chi connectivity index (χ1v) is 5.39. The van der Waals surface area contributed by atoms with Crippen LogP contribution in [0.2, 0.25) is 5.15 Å². The van der Waals surface area contributed by atoms with Crippen molar-refractivity contribution in [2.45, 2.75) is 13.8 Å². The van der Waals surface area contributed by atoms with Gasteiger partial charge in [0.15, 0.2) is 0 Å². The predicted octanol–water partition coefficient (Wildman–Crippen LogP) is 4.14. The number of hydrogen-bond acceptors (Lipinski definition) is 2. The molecule has 1 aromatic carbocycles. The maximum Gasteiger partial charge on any atom is 0.132 e. The van der Waals surface area contributed by atoms with Gasteiger partial charge < -0.3 is 4.74 Å². The van der Waals surface area contributed by atoms with Crippen molar-refractivity contribution in [3.05, 3.63) is 52.8 Å². The maximum absolute atomic E-state index is 5.78. The molecule has 0 aliphatic heterocycles. The van der Waals surface area contributed by atoms with E-state index in [1.54, 1.807) is 18.3 Å². The minimum absolute atomic E-state index is 0.432. The summed E-state index contributed by atoms with van der Waals surface area (Å²) in [5, 5.41) is 0.432. The highest BCUT2D eigenvalue weighted by Gasteiger charge is 2.00. The molecule has 82 valence electrons. The molecule has 16 heavy (non-hydrogen) atoms. The van der Waals surface area contributed by atoms with Gasteiger partial charge in [-0.25, -0.2) is 4.98 Å². The first-order chi connectivity index (χ1) is 7.65. The van der Waals surface area contributed by atoms with Crippen LogP contribution in [0.25, 0.3) is 0 Å². The molecule has 0 atom stereocenters. The van der Waals surface area contributed by atoms with Crippen LogP contribution in [0.15, 0.2) is 36.5 Å². The highest BCUT2D eigenvalue weighted by molar-refractivity contribution is 6.29. The molecule has 0 saturated carbocycles.